The molecule has 4 N–H and O–H groups in total. The number of pyridine rings is 1. The molecule has 1 aromatic carbocycles. The van der Waals surface area contributed by atoms with Gasteiger partial charge in [-0.15, -0.1) is 11.3 Å². The zero-order chi connectivity index (χ0) is 19.9. The maximum absolute atomic E-state index is 12.0. The number of carboxylic acids is 1. The van der Waals surface area contributed by atoms with E-state index in [1.807, 2.05) is 37.3 Å². The van der Waals surface area contributed by atoms with Gasteiger partial charge in [0.25, 0.3) is 0 Å². The predicted molar refractivity (Wildman–Crippen MR) is 111 cm³/mol. The van der Waals surface area contributed by atoms with E-state index in [0.717, 1.165) is 16.0 Å². The Morgan fingerprint density at radius 3 is 2.61 bits per heavy atom. The molecule has 28 heavy (non-hydrogen) atoms. The first kappa shape index (κ1) is 19.4. The number of hydrogen-bond donors (Lipinski definition) is 4. The van der Waals surface area contributed by atoms with Crippen molar-refractivity contribution in [1.82, 2.24) is 10.3 Å². The van der Waals surface area contributed by atoms with Crippen molar-refractivity contribution in [2.24, 2.45) is 0 Å². The number of anilines is 2. The maximum Gasteiger partial charge on any atom is 0.348 e. The lowest BCUT2D eigenvalue weighted by Crippen LogP contribution is -2.28. The molecule has 2 amide bonds. The van der Waals surface area contributed by atoms with Crippen LogP contribution in [-0.4, -0.2) is 28.6 Å². The zero-order valence-electron chi connectivity index (χ0n) is 15.2. The average Bonchev–Trinajstić information content (AvgIpc) is 3.12. The molecule has 0 saturated carbocycles. The molecule has 7 nitrogen and oxygen atoms in total. The van der Waals surface area contributed by atoms with Crippen LogP contribution in [0.25, 0.3) is 10.4 Å². The van der Waals surface area contributed by atoms with Gasteiger partial charge >= 0.3 is 12.0 Å². The van der Waals surface area contributed by atoms with Gasteiger partial charge in [0, 0.05) is 36.0 Å². The number of carbonyl (C=O) groups is 2. The number of nitrogens with one attached hydrogen (secondary N) is 3. The normalized spacial score (nSPS) is 10.3. The zero-order valence-corrected chi connectivity index (χ0v) is 16.0. The lowest BCUT2D eigenvalue weighted by atomic mass is 10.1. The standard InChI is InChI=1S/C20H20N4O3S/c1-2-22-16-10-17(28-18(16)19(25)26)14-5-7-15(8-6-14)24-20(27)23-12-13-4-3-9-21-11-13/h3-11,22H,2,12H2,1H3,(H,25,26)(H2,23,24,27). The van der Waals surface area contributed by atoms with Crippen LogP contribution in [0.2, 0.25) is 0 Å². The topological polar surface area (TPSA) is 103 Å². The SMILES string of the molecule is CCNc1cc(-c2ccc(NC(=O)NCc3cccnc3)cc2)sc1C(=O)O. The van der Waals surface area contributed by atoms with E-state index in [4.69, 9.17) is 0 Å². The fourth-order valence-corrected chi connectivity index (χ4v) is 3.57. The Balaban J connectivity index is 1.64. The van der Waals surface area contributed by atoms with E-state index < -0.39 is 5.97 Å². The van der Waals surface area contributed by atoms with Gasteiger partial charge in [-0.1, -0.05) is 18.2 Å². The van der Waals surface area contributed by atoms with Crippen molar-refractivity contribution in [2.45, 2.75) is 13.5 Å². The first-order valence-electron chi connectivity index (χ1n) is 8.72. The summed E-state index contributed by atoms with van der Waals surface area (Å²) < 4.78 is 0. The highest BCUT2D eigenvalue weighted by Crippen LogP contribution is 2.35. The minimum absolute atomic E-state index is 0.286. The number of aromatic carboxylic acids is 1. The fourth-order valence-electron chi connectivity index (χ4n) is 2.59. The lowest BCUT2D eigenvalue weighted by Gasteiger charge is -2.08. The van der Waals surface area contributed by atoms with Gasteiger partial charge in [-0.2, -0.15) is 0 Å². The number of nitrogens with zero attached hydrogens (tertiary/aromatic N) is 1. The maximum atomic E-state index is 12.0. The van der Waals surface area contributed by atoms with E-state index >= 15 is 0 Å². The van der Waals surface area contributed by atoms with Crippen LogP contribution < -0.4 is 16.0 Å². The van der Waals surface area contributed by atoms with E-state index in [2.05, 4.69) is 20.9 Å². The van der Waals surface area contributed by atoms with Gasteiger partial charge in [-0.3, -0.25) is 4.98 Å². The number of thiophene rings is 1. The Kier molecular flexibility index (Phi) is 6.23. The number of rotatable bonds is 7. The van der Waals surface area contributed by atoms with E-state index in [1.54, 1.807) is 24.5 Å². The van der Waals surface area contributed by atoms with Crippen molar-refractivity contribution in [3.63, 3.8) is 0 Å². The minimum atomic E-state index is -0.948. The number of urea groups is 1. The number of carbonyl (C=O) groups excluding carboxylic acids is 1. The van der Waals surface area contributed by atoms with Crippen molar-refractivity contribution < 1.29 is 14.7 Å². The second-order valence-corrected chi connectivity index (χ2v) is 6.99. The van der Waals surface area contributed by atoms with Gasteiger partial charge in [-0.25, -0.2) is 9.59 Å². The molecule has 0 bridgehead atoms. The average molecular weight is 396 g/mol. The second-order valence-electron chi connectivity index (χ2n) is 5.94. The van der Waals surface area contributed by atoms with Crippen LogP contribution >= 0.6 is 11.3 Å². The highest BCUT2D eigenvalue weighted by atomic mass is 32.1. The summed E-state index contributed by atoms with van der Waals surface area (Å²) in [7, 11) is 0. The first-order valence-corrected chi connectivity index (χ1v) is 9.53. The molecule has 3 aromatic rings. The summed E-state index contributed by atoms with van der Waals surface area (Å²) in [5, 5.41) is 18.0. The van der Waals surface area contributed by atoms with Crippen LogP contribution in [0.5, 0.6) is 0 Å². The quantitative estimate of drug-likeness (QED) is 0.478. The molecule has 144 valence electrons. The summed E-state index contributed by atoms with van der Waals surface area (Å²) in [6, 6.07) is 12.5. The second kappa shape index (κ2) is 9.01. The number of benzene rings is 1. The van der Waals surface area contributed by atoms with Crippen molar-refractivity contribution in [2.75, 3.05) is 17.2 Å². The van der Waals surface area contributed by atoms with Crippen LogP contribution in [0.15, 0.2) is 54.9 Å². The monoisotopic (exact) mass is 396 g/mol. The Morgan fingerprint density at radius 1 is 1.18 bits per heavy atom. The molecular weight excluding hydrogens is 376 g/mol. The molecular formula is C20H20N4O3S. The molecule has 0 saturated heterocycles. The van der Waals surface area contributed by atoms with Gasteiger partial charge in [-0.05, 0) is 42.3 Å². The summed E-state index contributed by atoms with van der Waals surface area (Å²) in [6.07, 6.45) is 3.38. The van der Waals surface area contributed by atoms with Gasteiger partial charge in [0.05, 0.1) is 5.69 Å². The number of carboxylic acid groups (broad SMARTS) is 1. The van der Waals surface area contributed by atoms with E-state index in [-0.39, 0.29) is 10.9 Å². The third-order valence-electron chi connectivity index (χ3n) is 3.90. The van der Waals surface area contributed by atoms with Crippen LogP contribution in [0.4, 0.5) is 16.2 Å². The molecule has 0 fully saturated rings. The predicted octanol–water partition coefficient (Wildman–Crippen LogP) is 4.26. The van der Waals surface area contributed by atoms with E-state index in [1.165, 1.54) is 11.3 Å². The van der Waals surface area contributed by atoms with E-state index in [9.17, 15) is 14.7 Å². The molecule has 3 rings (SSSR count). The number of amides is 2. The van der Waals surface area contributed by atoms with E-state index in [0.29, 0.717) is 24.5 Å². The Hall–Kier alpha value is -3.39. The molecule has 0 radical (unpaired) electrons. The Morgan fingerprint density at radius 2 is 1.96 bits per heavy atom. The number of aromatic nitrogens is 1. The fraction of sp³-hybridized carbons (Fsp3) is 0.150. The third-order valence-corrected chi connectivity index (χ3v) is 5.07. The van der Waals surface area contributed by atoms with Gasteiger partial charge in [0.1, 0.15) is 4.88 Å². The van der Waals surface area contributed by atoms with Gasteiger partial charge < -0.3 is 21.1 Å². The van der Waals surface area contributed by atoms with Crippen molar-refractivity contribution >= 4 is 34.7 Å². The lowest BCUT2D eigenvalue weighted by molar-refractivity contribution is 0.0703. The largest absolute Gasteiger partial charge is 0.477 e. The molecule has 0 aliphatic heterocycles. The van der Waals surface area contributed by atoms with Crippen LogP contribution in [-0.2, 0) is 6.54 Å². The summed E-state index contributed by atoms with van der Waals surface area (Å²) in [5.41, 5.74) is 3.07. The van der Waals surface area contributed by atoms with Crippen molar-refractivity contribution in [1.29, 1.82) is 0 Å². The third kappa shape index (κ3) is 4.86. The highest BCUT2D eigenvalue weighted by molar-refractivity contribution is 7.18. The summed E-state index contributed by atoms with van der Waals surface area (Å²) >= 11 is 1.22. The van der Waals surface area contributed by atoms with Crippen LogP contribution in [0.3, 0.4) is 0 Å². The van der Waals surface area contributed by atoms with Crippen molar-refractivity contribution in [3.05, 3.63) is 65.3 Å². The molecule has 0 atom stereocenters. The molecule has 2 heterocycles. The van der Waals surface area contributed by atoms with Gasteiger partial charge in [0.15, 0.2) is 0 Å². The van der Waals surface area contributed by atoms with Crippen LogP contribution in [0, 0.1) is 0 Å². The highest BCUT2D eigenvalue weighted by Gasteiger charge is 2.16. The van der Waals surface area contributed by atoms with Crippen LogP contribution in [0.1, 0.15) is 22.2 Å². The van der Waals surface area contributed by atoms with Crippen molar-refractivity contribution in [3.8, 4) is 10.4 Å². The Bertz CT molecular complexity index is 955. The molecule has 0 unspecified atom stereocenters. The molecule has 2 aromatic heterocycles. The molecule has 8 heteroatoms. The summed E-state index contributed by atoms with van der Waals surface area (Å²) in [6.45, 7) is 2.95. The minimum Gasteiger partial charge on any atom is -0.477 e. The molecule has 0 spiro atoms. The first-order chi connectivity index (χ1) is 13.6. The summed E-state index contributed by atoms with van der Waals surface area (Å²) in [5.74, 6) is -0.948. The molecule has 0 aliphatic rings. The number of hydrogen-bond acceptors (Lipinski definition) is 5. The summed E-state index contributed by atoms with van der Waals surface area (Å²) in [4.78, 5) is 28.6. The van der Waals surface area contributed by atoms with Gasteiger partial charge in [0.2, 0.25) is 0 Å². The smallest absolute Gasteiger partial charge is 0.348 e. The Labute approximate surface area is 166 Å². The molecule has 0 aliphatic carbocycles.